The third kappa shape index (κ3) is 2.75. The van der Waals surface area contributed by atoms with E-state index in [0.717, 1.165) is 68.5 Å². The van der Waals surface area contributed by atoms with Crippen molar-refractivity contribution in [1.82, 2.24) is 10.2 Å². The summed E-state index contributed by atoms with van der Waals surface area (Å²) in [5.41, 5.74) is 1.95. The fourth-order valence-electron chi connectivity index (χ4n) is 5.28. The number of amides is 1. The second-order valence-electron chi connectivity index (χ2n) is 8.06. The number of nitrogens with zero attached hydrogens (tertiary/aromatic N) is 1. The van der Waals surface area contributed by atoms with Crippen molar-refractivity contribution >= 4 is 5.91 Å². The van der Waals surface area contributed by atoms with Gasteiger partial charge < -0.3 is 15.0 Å². The van der Waals surface area contributed by atoms with Gasteiger partial charge >= 0.3 is 0 Å². The van der Waals surface area contributed by atoms with E-state index in [-0.39, 0.29) is 5.41 Å². The molecule has 1 N–H and O–H groups in total. The minimum atomic E-state index is -0.341. The average molecular weight is 342 g/mol. The lowest BCUT2D eigenvalue weighted by molar-refractivity contribution is -0.140. The summed E-state index contributed by atoms with van der Waals surface area (Å²) in [7, 11) is 1.72. The number of hydrogen-bond acceptors (Lipinski definition) is 3. The van der Waals surface area contributed by atoms with Crippen molar-refractivity contribution in [2.45, 2.75) is 69.4 Å². The summed E-state index contributed by atoms with van der Waals surface area (Å²) < 4.78 is 5.56. The Morgan fingerprint density at radius 3 is 2.72 bits per heavy atom. The van der Waals surface area contributed by atoms with Crippen LogP contribution < -0.4 is 10.1 Å². The Balaban J connectivity index is 1.72. The maximum atomic E-state index is 13.9. The van der Waals surface area contributed by atoms with Crippen LogP contribution in [0.25, 0.3) is 0 Å². The number of rotatable bonds is 3. The lowest BCUT2D eigenvalue weighted by atomic mass is 9.76. The molecular formula is C21H30N2O2. The molecular weight excluding hydrogens is 312 g/mol. The van der Waals surface area contributed by atoms with Crippen LogP contribution >= 0.6 is 0 Å². The molecule has 3 fully saturated rings. The Kier molecular flexibility index (Phi) is 4.48. The summed E-state index contributed by atoms with van der Waals surface area (Å²) in [6, 6.07) is 7.21. The highest BCUT2D eigenvalue weighted by molar-refractivity contribution is 5.89. The minimum Gasteiger partial charge on any atom is -0.496 e. The number of aryl methyl sites for hydroxylation is 1. The van der Waals surface area contributed by atoms with Crippen molar-refractivity contribution in [3.8, 4) is 5.75 Å². The van der Waals surface area contributed by atoms with Gasteiger partial charge in [0.25, 0.3) is 0 Å². The fourth-order valence-corrected chi connectivity index (χ4v) is 5.28. The summed E-state index contributed by atoms with van der Waals surface area (Å²) in [6.45, 7) is 4.05. The van der Waals surface area contributed by atoms with Crippen LogP contribution in [0.3, 0.4) is 0 Å². The predicted octanol–water partition coefficient (Wildman–Crippen LogP) is 3.17. The van der Waals surface area contributed by atoms with Crippen LogP contribution in [0, 0.1) is 6.92 Å². The molecule has 4 nitrogen and oxygen atoms in total. The lowest BCUT2D eigenvalue weighted by Crippen LogP contribution is -2.51. The zero-order valence-corrected chi connectivity index (χ0v) is 15.5. The van der Waals surface area contributed by atoms with Crippen molar-refractivity contribution in [2.75, 3.05) is 20.2 Å². The summed E-state index contributed by atoms with van der Waals surface area (Å²) in [6.07, 6.45) is 7.65. The Bertz CT molecular complexity index is 637. The first-order valence-corrected chi connectivity index (χ1v) is 9.84. The van der Waals surface area contributed by atoms with Crippen molar-refractivity contribution in [1.29, 1.82) is 0 Å². The normalized spacial score (nSPS) is 28.0. The van der Waals surface area contributed by atoms with Crippen LogP contribution in [-0.4, -0.2) is 43.1 Å². The fraction of sp³-hybridized carbons (Fsp3) is 0.667. The van der Waals surface area contributed by atoms with E-state index in [0.29, 0.717) is 18.0 Å². The predicted molar refractivity (Wildman–Crippen MR) is 99.0 cm³/mol. The summed E-state index contributed by atoms with van der Waals surface area (Å²) in [5, 5.41) is 3.52. The first-order valence-electron chi connectivity index (χ1n) is 9.84. The van der Waals surface area contributed by atoms with Crippen molar-refractivity contribution in [3.05, 3.63) is 29.3 Å². The molecule has 2 atom stereocenters. The van der Waals surface area contributed by atoms with E-state index >= 15 is 0 Å². The number of carbonyl (C=O) groups excluding carboxylic acids is 1. The van der Waals surface area contributed by atoms with Crippen molar-refractivity contribution < 1.29 is 9.53 Å². The number of fused-ring (bicyclic) bond motifs is 2. The number of benzene rings is 1. The van der Waals surface area contributed by atoms with Crippen LogP contribution in [-0.2, 0) is 10.2 Å². The highest BCUT2D eigenvalue weighted by Crippen LogP contribution is 2.46. The molecule has 0 aromatic heterocycles. The molecule has 2 heterocycles. The molecule has 1 aromatic rings. The van der Waals surface area contributed by atoms with Crippen LogP contribution in [0.5, 0.6) is 5.75 Å². The number of ether oxygens (including phenoxy) is 1. The molecule has 1 aliphatic carbocycles. The molecule has 136 valence electrons. The lowest BCUT2D eigenvalue weighted by Gasteiger charge is -2.38. The highest BCUT2D eigenvalue weighted by atomic mass is 16.5. The SMILES string of the molecule is COc1cc(C2(C(=O)N3C4CCNCC3CC4)CCCC2)ccc1C. The smallest absolute Gasteiger partial charge is 0.233 e. The maximum absolute atomic E-state index is 13.9. The van der Waals surface area contributed by atoms with Crippen LogP contribution in [0.2, 0.25) is 0 Å². The molecule has 1 aromatic carbocycles. The van der Waals surface area contributed by atoms with Gasteiger partial charge in [-0.15, -0.1) is 0 Å². The quantitative estimate of drug-likeness (QED) is 0.917. The van der Waals surface area contributed by atoms with E-state index in [1.165, 1.54) is 6.42 Å². The number of carbonyl (C=O) groups is 1. The standard InChI is InChI=1S/C21H30N2O2/c1-15-5-6-16(13-19(15)25-2)21(10-3-4-11-21)20(24)23-17-7-8-18(23)14-22-12-9-17/h5-6,13,17-18,22H,3-4,7-12,14H2,1-2H3. The molecule has 1 amide bonds. The first-order chi connectivity index (χ1) is 12.2. The van der Waals surface area contributed by atoms with Gasteiger partial charge in [0.05, 0.1) is 12.5 Å². The largest absolute Gasteiger partial charge is 0.496 e. The van der Waals surface area contributed by atoms with Crippen LogP contribution in [0.4, 0.5) is 0 Å². The zero-order valence-electron chi connectivity index (χ0n) is 15.5. The van der Waals surface area contributed by atoms with Gasteiger partial charge in [-0.05, 0) is 62.8 Å². The van der Waals surface area contributed by atoms with Gasteiger partial charge in [-0.2, -0.15) is 0 Å². The van der Waals surface area contributed by atoms with E-state index < -0.39 is 0 Å². The van der Waals surface area contributed by atoms with E-state index in [1.54, 1.807) is 7.11 Å². The van der Waals surface area contributed by atoms with Gasteiger partial charge in [0.15, 0.2) is 0 Å². The number of hydrogen-bond donors (Lipinski definition) is 1. The molecule has 0 spiro atoms. The van der Waals surface area contributed by atoms with E-state index in [9.17, 15) is 4.79 Å². The van der Waals surface area contributed by atoms with Gasteiger partial charge in [0.2, 0.25) is 5.91 Å². The van der Waals surface area contributed by atoms with Crippen molar-refractivity contribution in [3.63, 3.8) is 0 Å². The van der Waals surface area contributed by atoms with E-state index in [4.69, 9.17) is 4.74 Å². The summed E-state index contributed by atoms with van der Waals surface area (Å²) in [5.74, 6) is 1.28. The molecule has 4 rings (SSSR count). The average Bonchev–Trinajstić information content (AvgIpc) is 3.19. The summed E-state index contributed by atoms with van der Waals surface area (Å²) in [4.78, 5) is 16.2. The van der Waals surface area contributed by atoms with Crippen molar-refractivity contribution in [2.24, 2.45) is 0 Å². The summed E-state index contributed by atoms with van der Waals surface area (Å²) >= 11 is 0. The number of methoxy groups -OCH3 is 1. The molecule has 25 heavy (non-hydrogen) atoms. The van der Waals surface area contributed by atoms with Gasteiger partial charge in [-0.1, -0.05) is 25.0 Å². The Morgan fingerprint density at radius 1 is 1.20 bits per heavy atom. The molecule has 4 heteroatoms. The molecule has 1 saturated carbocycles. The molecule has 2 unspecified atom stereocenters. The molecule has 2 bridgehead atoms. The Morgan fingerprint density at radius 2 is 1.96 bits per heavy atom. The maximum Gasteiger partial charge on any atom is 0.233 e. The molecule has 0 radical (unpaired) electrons. The van der Waals surface area contributed by atoms with Gasteiger partial charge in [-0.25, -0.2) is 0 Å². The Hall–Kier alpha value is -1.55. The number of nitrogens with one attached hydrogen (secondary N) is 1. The zero-order chi connectivity index (χ0) is 17.4. The van der Waals surface area contributed by atoms with Crippen LogP contribution in [0.15, 0.2) is 18.2 Å². The molecule has 2 saturated heterocycles. The topological polar surface area (TPSA) is 41.6 Å². The van der Waals surface area contributed by atoms with Gasteiger partial charge in [0.1, 0.15) is 5.75 Å². The van der Waals surface area contributed by atoms with Gasteiger partial charge in [0, 0.05) is 18.6 Å². The second kappa shape index (κ2) is 6.64. The minimum absolute atomic E-state index is 0.341. The first kappa shape index (κ1) is 16.9. The third-order valence-corrected chi connectivity index (χ3v) is 6.72. The second-order valence-corrected chi connectivity index (χ2v) is 8.06. The molecule has 2 aliphatic heterocycles. The van der Waals surface area contributed by atoms with E-state index in [1.807, 2.05) is 0 Å². The van der Waals surface area contributed by atoms with E-state index in [2.05, 4.69) is 35.3 Å². The highest BCUT2D eigenvalue weighted by Gasteiger charge is 2.50. The van der Waals surface area contributed by atoms with Crippen LogP contribution in [0.1, 0.15) is 56.1 Å². The molecule has 3 aliphatic rings. The Labute approximate surface area is 150 Å². The van der Waals surface area contributed by atoms with Gasteiger partial charge in [-0.3, -0.25) is 4.79 Å². The monoisotopic (exact) mass is 342 g/mol. The third-order valence-electron chi connectivity index (χ3n) is 6.72.